The van der Waals surface area contributed by atoms with Crippen molar-refractivity contribution >= 4 is 5.69 Å². The van der Waals surface area contributed by atoms with Crippen molar-refractivity contribution < 1.29 is 23.2 Å². The van der Waals surface area contributed by atoms with Crippen LogP contribution >= 0.6 is 0 Å². The maximum Gasteiger partial charge on any atom is 0.387 e. The summed E-state index contributed by atoms with van der Waals surface area (Å²) in [6, 6.07) is 11.7. The molecule has 0 saturated heterocycles. The molecule has 21 heavy (non-hydrogen) atoms. The van der Waals surface area contributed by atoms with Crippen LogP contribution in [0.3, 0.4) is 0 Å². The summed E-state index contributed by atoms with van der Waals surface area (Å²) in [6.45, 7) is -2.64. The summed E-state index contributed by atoms with van der Waals surface area (Å²) in [7, 11) is 0. The lowest BCUT2D eigenvalue weighted by Crippen LogP contribution is -2.02. The largest absolute Gasteiger partial charge is 0.489 e. The fourth-order valence-corrected chi connectivity index (χ4v) is 1.60. The second-order valence-electron chi connectivity index (χ2n) is 4.06. The van der Waals surface area contributed by atoms with Crippen LogP contribution < -0.4 is 9.47 Å². The Kier molecular flexibility index (Phi) is 4.65. The van der Waals surface area contributed by atoms with Crippen LogP contribution in [0.25, 0.3) is 0 Å². The monoisotopic (exact) mass is 295 g/mol. The molecule has 0 atom stereocenters. The van der Waals surface area contributed by atoms with Crippen LogP contribution in [0.2, 0.25) is 0 Å². The first-order valence-corrected chi connectivity index (χ1v) is 5.95. The molecule has 0 aliphatic carbocycles. The summed E-state index contributed by atoms with van der Waals surface area (Å²) < 4.78 is 33.6. The van der Waals surface area contributed by atoms with Crippen molar-refractivity contribution in [1.82, 2.24) is 0 Å². The van der Waals surface area contributed by atoms with Crippen LogP contribution in [0, 0.1) is 10.1 Å². The van der Waals surface area contributed by atoms with Crippen LogP contribution in [0.1, 0.15) is 5.56 Å². The number of nitrogens with zero attached hydrogens (tertiary/aromatic N) is 1. The minimum absolute atomic E-state index is 0.0177. The topological polar surface area (TPSA) is 61.6 Å². The van der Waals surface area contributed by atoms with Gasteiger partial charge in [0.15, 0.2) is 0 Å². The van der Waals surface area contributed by atoms with Gasteiger partial charge in [-0.15, -0.1) is 0 Å². The van der Waals surface area contributed by atoms with Gasteiger partial charge in [0.2, 0.25) is 0 Å². The maximum absolute atomic E-state index is 12.0. The predicted octanol–water partition coefficient (Wildman–Crippen LogP) is 3.78. The fraction of sp³-hybridized carbons (Fsp3) is 0.143. The molecule has 0 bridgehead atoms. The van der Waals surface area contributed by atoms with Crippen LogP contribution in [-0.2, 0) is 6.61 Å². The lowest BCUT2D eigenvalue weighted by molar-refractivity contribution is -0.384. The zero-order valence-electron chi connectivity index (χ0n) is 10.7. The Morgan fingerprint density at radius 3 is 2.10 bits per heavy atom. The van der Waals surface area contributed by atoms with Gasteiger partial charge in [0.1, 0.15) is 18.1 Å². The summed E-state index contributed by atoms with van der Waals surface area (Å²) in [4.78, 5) is 10.0. The van der Waals surface area contributed by atoms with E-state index in [4.69, 9.17) is 4.74 Å². The molecule has 110 valence electrons. The van der Waals surface area contributed by atoms with Crippen molar-refractivity contribution in [1.29, 1.82) is 0 Å². The first kappa shape index (κ1) is 14.7. The Bertz CT molecular complexity index is 599. The zero-order chi connectivity index (χ0) is 15.2. The summed E-state index contributed by atoms with van der Waals surface area (Å²) in [5, 5.41) is 10.5. The van der Waals surface area contributed by atoms with Crippen molar-refractivity contribution in [3.8, 4) is 11.5 Å². The molecule has 0 saturated carbocycles. The van der Waals surface area contributed by atoms with Crippen LogP contribution in [-0.4, -0.2) is 11.5 Å². The van der Waals surface area contributed by atoms with Gasteiger partial charge >= 0.3 is 6.61 Å². The molecule has 0 unspecified atom stereocenters. The lowest BCUT2D eigenvalue weighted by Gasteiger charge is -2.07. The molecule has 0 amide bonds. The van der Waals surface area contributed by atoms with Crippen molar-refractivity contribution in [3.63, 3.8) is 0 Å². The normalized spacial score (nSPS) is 10.4. The highest BCUT2D eigenvalue weighted by atomic mass is 19.3. The number of nitro groups is 1. The van der Waals surface area contributed by atoms with Crippen molar-refractivity contribution in [2.75, 3.05) is 0 Å². The maximum atomic E-state index is 12.0. The number of non-ortho nitro benzene ring substituents is 1. The van der Waals surface area contributed by atoms with Gasteiger partial charge in [-0.2, -0.15) is 8.78 Å². The van der Waals surface area contributed by atoms with Gasteiger partial charge in [0.05, 0.1) is 4.92 Å². The van der Waals surface area contributed by atoms with E-state index in [1.54, 1.807) is 12.1 Å². The molecule has 0 aromatic heterocycles. The standard InChI is InChI=1S/C14H11F2NO4/c15-14(16)21-13-5-1-10(2-6-13)9-20-12-7-3-11(4-8-12)17(18)19/h1-8,14H,9H2. The van der Waals surface area contributed by atoms with E-state index in [2.05, 4.69) is 4.74 Å². The Hall–Kier alpha value is -2.70. The summed E-state index contributed by atoms with van der Waals surface area (Å²) in [5.41, 5.74) is 0.741. The van der Waals surface area contributed by atoms with Gasteiger partial charge < -0.3 is 9.47 Å². The van der Waals surface area contributed by atoms with E-state index in [1.807, 2.05) is 0 Å². The first-order chi connectivity index (χ1) is 10.0. The molecule has 0 spiro atoms. The van der Waals surface area contributed by atoms with Crippen LogP contribution in [0.5, 0.6) is 11.5 Å². The average molecular weight is 295 g/mol. The molecule has 0 fully saturated rings. The van der Waals surface area contributed by atoms with Gasteiger partial charge in [0.25, 0.3) is 5.69 Å². The molecule has 2 aromatic carbocycles. The van der Waals surface area contributed by atoms with Crippen LogP contribution in [0.15, 0.2) is 48.5 Å². The number of hydrogen-bond acceptors (Lipinski definition) is 4. The highest BCUT2D eigenvalue weighted by Crippen LogP contribution is 2.19. The van der Waals surface area contributed by atoms with Gasteiger partial charge in [-0.25, -0.2) is 0 Å². The highest BCUT2D eigenvalue weighted by Gasteiger charge is 2.06. The van der Waals surface area contributed by atoms with Gasteiger partial charge in [-0.05, 0) is 29.8 Å². The number of nitro benzene ring substituents is 1. The molecule has 0 radical (unpaired) electrons. The first-order valence-electron chi connectivity index (χ1n) is 5.95. The van der Waals surface area contributed by atoms with E-state index in [0.717, 1.165) is 5.56 Å². The third kappa shape index (κ3) is 4.41. The van der Waals surface area contributed by atoms with E-state index in [9.17, 15) is 18.9 Å². The SMILES string of the molecule is O=[N+]([O-])c1ccc(OCc2ccc(OC(F)F)cc2)cc1. The number of ether oxygens (including phenoxy) is 2. The van der Waals surface area contributed by atoms with E-state index >= 15 is 0 Å². The minimum atomic E-state index is -2.85. The number of alkyl halides is 2. The molecule has 2 rings (SSSR count). The summed E-state index contributed by atoms with van der Waals surface area (Å²) >= 11 is 0. The minimum Gasteiger partial charge on any atom is -0.489 e. The molecule has 2 aromatic rings. The number of hydrogen-bond donors (Lipinski definition) is 0. The smallest absolute Gasteiger partial charge is 0.387 e. The molecule has 0 N–H and O–H groups in total. The van der Waals surface area contributed by atoms with Crippen molar-refractivity contribution in [2.45, 2.75) is 13.2 Å². The van der Waals surface area contributed by atoms with Gasteiger partial charge in [-0.1, -0.05) is 12.1 Å². The Morgan fingerprint density at radius 1 is 1.00 bits per heavy atom. The number of rotatable bonds is 6. The third-order valence-electron chi connectivity index (χ3n) is 2.60. The highest BCUT2D eigenvalue weighted by molar-refractivity contribution is 5.36. The van der Waals surface area contributed by atoms with Crippen molar-refractivity contribution in [3.05, 3.63) is 64.2 Å². The van der Waals surface area contributed by atoms with E-state index in [0.29, 0.717) is 5.75 Å². The molecule has 0 aliphatic rings. The second-order valence-corrected chi connectivity index (χ2v) is 4.06. The number of halogens is 2. The molecule has 0 heterocycles. The lowest BCUT2D eigenvalue weighted by atomic mass is 10.2. The van der Waals surface area contributed by atoms with Crippen molar-refractivity contribution in [2.24, 2.45) is 0 Å². The summed E-state index contributed by atoms with van der Waals surface area (Å²) in [5.74, 6) is 0.553. The van der Waals surface area contributed by atoms with Crippen LogP contribution in [0.4, 0.5) is 14.5 Å². The van der Waals surface area contributed by atoms with E-state index in [-0.39, 0.29) is 18.0 Å². The zero-order valence-corrected chi connectivity index (χ0v) is 10.7. The molecule has 0 aliphatic heterocycles. The molecule has 5 nitrogen and oxygen atoms in total. The van der Waals surface area contributed by atoms with E-state index in [1.165, 1.54) is 36.4 Å². The Balaban J connectivity index is 1.91. The van der Waals surface area contributed by atoms with Gasteiger partial charge in [-0.3, -0.25) is 10.1 Å². The third-order valence-corrected chi connectivity index (χ3v) is 2.60. The van der Waals surface area contributed by atoms with Gasteiger partial charge in [0, 0.05) is 12.1 Å². The second kappa shape index (κ2) is 6.65. The molecular weight excluding hydrogens is 284 g/mol. The average Bonchev–Trinajstić information content (AvgIpc) is 2.46. The summed E-state index contributed by atoms with van der Waals surface area (Å²) in [6.07, 6.45) is 0. The Morgan fingerprint density at radius 2 is 1.57 bits per heavy atom. The number of benzene rings is 2. The fourth-order valence-electron chi connectivity index (χ4n) is 1.60. The predicted molar refractivity (Wildman–Crippen MR) is 70.5 cm³/mol. The van der Waals surface area contributed by atoms with E-state index < -0.39 is 11.5 Å². The Labute approximate surface area is 118 Å². The molecule has 7 heteroatoms. The quantitative estimate of drug-likeness (QED) is 0.601. The molecular formula is C14H11F2NO4.